The van der Waals surface area contributed by atoms with Gasteiger partial charge in [0.05, 0.1) is 11.4 Å². The van der Waals surface area contributed by atoms with Crippen molar-refractivity contribution in [2.45, 2.75) is 83.3 Å². The van der Waals surface area contributed by atoms with Gasteiger partial charge in [-0.15, -0.1) is 0 Å². The third-order valence-electron chi connectivity index (χ3n) is 8.64. The van der Waals surface area contributed by atoms with E-state index in [-0.39, 0.29) is 5.92 Å². The lowest BCUT2D eigenvalue weighted by Gasteiger charge is -2.30. The number of carbonyl (C=O) groups excluding carboxylic acids is 1. The van der Waals surface area contributed by atoms with Crippen molar-refractivity contribution in [3.05, 3.63) is 54.0 Å². The molecule has 0 spiro atoms. The first-order valence-corrected chi connectivity index (χ1v) is 13.6. The standard InChI is InChI=1S/C29H37N5O/c1-20(2)21-8-10-22(11-9-21)27-26(33-16-5-15-30-29(33)31-27)19-34-24-12-13-25(34)18-32(17-14-24)28(35)23-6-3-4-7-23/h5,8-11,15-16,20,23-25H,3-4,6-7,12-14,17-19H2,1-2H3. The van der Waals surface area contributed by atoms with Gasteiger partial charge in [-0.1, -0.05) is 51.0 Å². The average Bonchev–Trinajstić information content (AvgIpc) is 3.58. The van der Waals surface area contributed by atoms with Gasteiger partial charge < -0.3 is 4.90 Å². The van der Waals surface area contributed by atoms with Crippen LogP contribution in [0.25, 0.3) is 17.0 Å². The van der Waals surface area contributed by atoms with Crippen LogP contribution in [-0.2, 0) is 11.3 Å². The predicted octanol–water partition coefficient (Wildman–Crippen LogP) is 5.28. The summed E-state index contributed by atoms with van der Waals surface area (Å²) in [5.74, 6) is 1.95. The first-order valence-electron chi connectivity index (χ1n) is 13.6. The van der Waals surface area contributed by atoms with E-state index in [0.29, 0.717) is 23.9 Å². The van der Waals surface area contributed by atoms with E-state index in [2.05, 4.69) is 63.5 Å². The van der Waals surface area contributed by atoms with Gasteiger partial charge in [-0.05, 0) is 49.7 Å². The Hall–Kier alpha value is -2.73. The normalized spacial score (nSPS) is 23.5. The number of aromatic nitrogens is 3. The number of imidazole rings is 1. The van der Waals surface area contributed by atoms with Crippen LogP contribution in [-0.4, -0.2) is 55.2 Å². The number of fused-ring (bicyclic) bond motifs is 3. The fourth-order valence-electron chi connectivity index (χ4n) is 6.58. The molecule has 1 saturated carbocycles. The van der Waals surface area contributed by atoms with Gasteiger partial charge >= 0.3 is 0 Å². The highest BCUT2D eigenvalue weighted by Crippen LogP contribution is 2.36. The molecule has 1 amide bonds. The molecule has 0 radical (unpaired) electrons. The molecule has 2 saturated heterocycles. The second-order valence-corrected chi connectivity index (χ2v) is 11.1. The highest BCUT2D eigenvalue weighted by atomic mass is 16.2. The Morgan fingerprint density at radius 1 is 1.03 bits per heavy atom. The first-order chi connectivity index (χ1) is 17.1. The van der Waals surface area contributed by atoms with E-state index in [1.54, 1.807) is 0 Å². The summed E-state index contributed by atoms with van der Waals surface area (Å²) in [6.07, 6.45) is 12.0. The quantitative estimate of drug-likeness (QED) is 0.508. The lowest BCUT2D eigenvalue weighted by Crippen LogP contribution is -2.42. The summed E-state index contributed by atoms with van der Waals surface area (Å²) >= 11 is 0. The second-order valence-electron chi connectivity index (χ2n) is 11.1. The van der Waals surface area contributed by atoms with Gasteiger partial charge in [0.1, 0.15) is 0 Å². The Kier molecular flexibility index (Phi) is 6.09. The average molecular weight is 472 g/mol. The summed E-state index contributed by atoms with van der Waals surface area (Å²) in [5, 5.41) is 0. The summed E-state index contributed by atoms with van der Waals surface area (Å²) < 4.78 is 2.16. The van der Waals surface area contributed by atoms with Crippen molar-refractivity contribution >= 4 is 11.7 Å². The van der Waals surface area contributed by atoms with Crippen LogP contribution in [0.1, 0.15) is 76.0 Å². The van der Waals surface area contributed by atoms with E-state index in [1.165, 1.54) is 36.9 Å². The minimum Gasteiger partial charge on any atom is -0.341 e. The number of rotatable bonds is 5. The van der Waals surface area contributed by atoms with Gasteiger partial charge in [-0.2, -0.15) is 0 Å². The molecular weight excluding hydrogens is 434 g/mol. The maximum Gasteiger partial charge on any atom is 0.234 e. The number of likely N-dealkylation sites (tertiary alicyclic amines) is 1. The van der Waals surface area contributed by atoms with Gasteiger partial charge in [0, 0.05) is 55.6 Å². The van der Waals surface area contributed by atoms with Crippen LogP contribution >= 0.6 is 0 Å². The van der Waals surface area contributed by atoms with Crippen LogP contribution in [0.2, 0.25) is 0 Å². The van der Waals surface area contributed by atoms with Gasteiger partial charge in [-0.3, -0.25) is 14.1 Å². The molecule has 2 atom stereocenters. The second kappa shape index (κ2) is 9.38. The molecule has 6 heteroatoms. The fraction of sp³-hybridized carbons (Fsp3) is 0.552. The molecule has 6 nitrogen and oxygen atoms in total. The molecule has 6 rings (SSSR count). The summed E-state index contributed by atoms with van der Waals surface area (Å²) in [7, 11) is 0. The van der Waals surface area contributed by atoms with Gasteiger partial charge in [0.25, 0.3) is 0 Å². The van der Waals surface area contributed by atoms with E-state index < -0.39 is 0 Å². The summed E-state index contributed by atoms with van der Waals surface area (Å²) in [4.78, 5) is 27.6. The summed E-state index contributed by atoms with van der Waals surface area (Å²) in [6.45, 7) is 7.08. The first kappa shape index (κ1) is 22.7. The molecule has 3 aromatic rings. The highest BCUT2D eigenvalue weighted by molar-refractivity contribution is 5.79. The minimum absolute atomic E-state index is 0.269. The van der Waals surface area contributed by atoms with Crippen LogP contribution in [0.3, 0.4) is 0 Å². The van der Waals surface area contributed by atoms with Crippen molar-refractivity contribution in [3.63, 3.8) is 0 Å². The number of carbonyl (C=O) groups is 1. The number of hydrogen-bond acceptors (Lipinski definition) is 4. The lowest BCUT2D eigenvalue weighted by molar-refractivity contribution is -0.135. The summed E-state index contributed by atoms with van der Waals surface area (Å²) in [6, 6.07) is 11.8. The third kappa shape index (κ3) is 4.26. The van der Waals surface area contributed by atoms with Crippen molar-refractivity contribution in [1.29, 1.82) is 0 Å². The topological polar surface area (TPSA) is 53.7 Å². The number of nitrogens with zero attached hydrogens (tertiary/aromatic N) is 5. The van der Waals surface area contributed by atoms with Gasteiger partial charge in [-0.25, -0.2) is 9.97 Å². The van der Waals surface area contributed by atoms with Crippen LogP contribution < -0.4 is 0 Å². The Labute approximate surface area is 208 Å². The smallest absolute Gasteiger partial charge is 0.234 e. The van der Waals surface area contributed by atoms with Crippen LogP contribution in [0.5, 0.6) is 0 Å². The van der Waals surface area contributed by atoms with E-state index in [4.69, 9.17) is 4.98 Å². The van der Waals surface area contributed by atoms with Crippen LogP contribution in [0, 0.1) is 5.92 Å². The van der Waals surface area contributed by atoms with E-state index >= 15 is 0 Å². The molecule has 184 valence electrons. The van der Waals surface area contributed by atoms with E-state index in [0.717, 1.165) is 55.9 Å². The zero-order valence-electron chi connectivity index (χ0n) is 21.1. The van der Waals surface area contributed by atoms with Crippen molar-refractivity contribution in [3.8, 4) is 11.3 Å². The van der Waals surface area contributed by atoms with E-state index in [9.17, 15) is 4.79 Å². The Morgan fingerprint density at radius 2 is 1.80 bits per heavy atom. The van der Waals surface area contributed by atoms with Crippen molar-refractivity contribution in [2.24, 2.45) is 5.92 Å². The molecule has 2 aromatic heterocycles. The van der Waals surface area contributed by atoms with Crippen molar-refractivity contribution < 1.29 is 4.79 Å². The minimum atomic E-state index is 0.269. The molecule has 3 aliphatic rings. The molecule has 1 aromatic carbocycles. The molecule has 1 aliphatic carbocycles. The summed E-state index contributed by atoms with van der Waals surface area (Å²) in [5.41, 5.74) is 4.73. The molecule has 2 unspecified atom stereocenters. The Balaban J connectivity index is 1.30. The zero-order valence-corrected chi connectivity index (χ0v) is 21.1. The largest absolute Gasteiger partial charge is 0.341 e. The molecule has 3 fully saturated rings. The zero-order chi connectivity index (χ0) is 23.9. The Bertz CT molecular complexity index is 1190. The SMILES string of the molecule is CC(C)c1ccc(-c2nc3ncccn3c2CN2C3CCC2CN(C(=O)C2CCCC2)CC3)cc1. The molecule has 4 heterocycles. The van der Waals surface area contributed by atoms with Crippen molar-refractivity contribution in [1.82, 2.24) is 24.2 Å². The maximum absolute atomic E-state index is 13.2. The molecular formula is C29H37N5O. The number of benzene rings is 1. The Morgan fingerprint density at radius 3 is 2.57 bits per heavy atom. The maximum atomic E-state index is 13.2. The van der Waals surface area contributed by atoms with Crippen molar-refractivity contribution in [2.75, 3.05) is 13.1 Å². The van der Waals surface area contributed by atoms with Crippen LogP contribution in [0.4, 0.5) is 0 Å². The highest BCUT2D eigenvalue weighted by Gasteiger charge is 2.40. The lowest BCUT2D eigenvalue weighted by atomic mass is 10.0. The monoisotopic (exact) mass is 471 g/mol. The van der Waals surface area contributed by atoms with Gasteiger partial charge in [0.2, 0.25) is 11.7 Å². The third-order valence-corrected chi connectivity index (χ3v) is 8.64. The fourth-order valence-corrected chi connectivity index (χ4v) is 6.58. The molecule has 35 heavy (non-hydrogen) atoms. The van der Waals surface area contributed by atoms with Crippen LogP contribution in [0.15, 0.2) is 42.7 Å². The molecule has 2 bridgehead atoms. The molecule has 2 aliphatic heterocycles. The predicted molar refractivity (Wildman–Crippen MR) is 138 cm³/mol. The number of hydrogen-bond donors (Lipinski definition) is 0. The van der Waals surface area contributed by atoms with E-state index in [1.807, 2.05) is 12.3 Å². The van der Waals surface area contributed by atoms with Gasteiger partial charge in [0.15, 0.2) is 0 Å². The number of amides is 1. The molecule has 0 N–H and O–H groups in total.